The molecule has 1 aliphatic heterocycles. The molecule has 0 saturated carbocycles. The molecule has 0 aromatic heterocycles. The van der Waals surface area contributed by atoms with Gasteiger partial charge in [-0.05, 0) is 0 Å². The first-order valence-corrected chi connectivity index (χ1v) is 7.48. The van der Waals surface area contributed by atoms with E-state index in [1.165, 1.54) is 0 Å². The molecule has 3 atom stereocenters. The number of hydrogen-bond acceptors (Lipinski definition) is 8. The van der Waals surface area contributed by atoms with Crippen molar-refractivity contribution in [2.24, 2.45) is 0 Å². The second-order valence-electron chi connectivity index (χ2n) is 3.22. The summed E-state index contributed by atoms with van der Waals surface area (Å²) in [5.41, 5.74) is 0. The number of aliphatic hydroxyl groups excluding tert-OH is 1. The number of rotatable bonds is 2. The third kappa shape index (κ3) is 2.00. The highest BCUT2D eigenvalue weighted by Gasteiger charge is 2.63. The zero-order valence-corrected chi connectivity index (χ0v) is 9.45. The minimum Gasteiger partial charge on any atom is -0.364 e. The molecule has 15 heavy (non-hydrogen) atoms. The van der Waals surface area contributed by atoms with Crippen LogP contribution in [0.5, 0.6) is 0 Å². The number of sulfone groups is 2. The lowest BCUT2D eigenvalue weighted by Gasteiger charge is -2.22. The topological polar surface area (TPSA) is 127 Å². The molecule has 10 heteroatoms. The van der Waals surface area contributed by atoms with Crippen LogP contribution in [0, 0.1) is 0 Å². The molecule has 1 fully saturated rings. The minimum absolute atomic E-state index is 0.562. The first kappa shape index (κ1) is 12.8. The second-order valence-corrected chi connectivity index (χ2v) is 7.52. The summed E-state index contributed by atoms with van der Waals surface area (Å²) in [5, 5.41) is 13.4. The Morgan fingerprint density at radius 2 is 1.67 bits per heavy atom. The zero-order valence-electron chi connectivity index (χ0n) is 7.82. The highest BCUT2D eigenvalue weighted by molar-refractivity contribution is 7.95. The van der Waals surface area contributed by atoms with E-state index in [9.17, 15) is 21.9 Å². The highest BCUT2D eigenvalue weighted by atomic mass is 32.2. The lowest BCUT2D eigenvalue weighted by atomic mass is 10.4. The van der Waals surface area contributed by atoms with E-state index in [0.29, 0.717) is 12.5 Å². The summed E-state index contributed by atoms with van der Waals surface area (Å²) in [6, 6.07) is 0. The summed E-state index contributed by atoms with van der Waals surface area (Å²) < 4.78 is 44.6. The van der Waals surface area contributed by atoms with Crippen molar-refractivity contribution in [3.05, 3.63) is 0 Å². The monoisotopic (exact) mass is 262 g/mol. The van der Waals surface area contributed by atoms with E-state index in [0.717, 1.165) is 0 Å². The highest BCUT2D eigenvalue weighted by Crippen LogP contribution is 2.34. The summed E-state index contributed by atoms with van der Waals surface area (Å²) in [4.78, 5) is 7.98. The van der Waals surface area contributed by atoms with E-state index >= 15 is 0 Å². The van der Waals surface area contributed by atoms with E-state index in [2.05, 4.69) is 9.78 Å². The van der Waals surface area contributed by atoms with Crippen molar-refractivity contribution in [1.82, 2.24) is 0 Å². The van der Waals surface area contributed by atoms with Gasteiger partial charge in [-0.25, -0.2) is 16.8 Å². The SMILES string of the molecule is CS(=O)(=O)C1C(O)OOC1(O)S(C)(=O)=O. The average molecular weight is 262 g/mol. The fourth-order valence-corrected chi connectivity index (χ4v) is 3.95. The van der Waals surface area contributed by atoms with Crippen LogP contribution in [-0.4, -0.2) is 56.2 Å². The Balaban J connectivity index is 3.35. The summed E-state index contributed by atoms with van der Waals surface area (Å²) in [6.45, 7) is 0. The fraction of sp³-hybridized carbons (Fsp3) is 1.00. The maximum absolute atomic E-state index is 11.2. The van der Waals surface area contributed by atoms with Crippen molar-refractivity contribution in [1.29, 1.82) is 0 Å². The third-order valence-corrected chi connectivity index (χ3v) is 4.89. The largest absolute Gasteiger partial charge is 0.364 e. The van der Waals surface area contributed by atoms with Gasteiger partial charge in [0.2, 0.25) is 16.1 Å². The molecule has 0 spiro atoms. The summed E-state index contributed by atoms with van der Waals surface area (Å²) in [5.74, 6) is 0. The van der Waals surface area contributed by atoms with Gasteiger partial charge in [-0.3, -0.25) is 0 Å². The van der Waals surface area contributed by atoms with Crippen LogP contribution in [0.15, 0.2) is 0 Å². The van der Waals surface area contributed by atoms with Crippen molar-refractivity contribution in [3.63, 3.8) is 0 Å². The molecular formula is C5H10O8S2. The lowest BCUT2D eigenvalue weighted by Crippen LogP contribution is -2.52. The molecule has 0 aromatic rings. The van der Waals surface area contributed by atoms with E-state index in [1.807, 2.05) is 0 Å². The molecule has 1 saturated heterocycles. The molecule has 0 aliphatic carbocycles. The quantitative estimate of drug-likeness (QED) is 0.517. The first-order chi connectivity index (χ1) is 6.50. The van der Waals surface area contributed by atoms with Gasteiger partial charge in [0, 0.05) is 12.5 Å². The van der Waals surface area contributed by atoms with E-state index in [1.54, 1.807) is 0 Å². The lowest BCUT2D eigenvalue weighted by molar-refractivity contribution is -0.372. The van der Waals surface area contributed by atoms with Gasteiger partial charge in [0.15, 0.2) is 15.1 Å². The van der Waals surface area contributed by atoms with E-state index in [-0.39, 0.29) is 0 Å². The average Bonchev–Trinajstić information content (AvgIpc) is 2.24. The normalized spacial score (nSPS) is 38.1. The van der Waals surface area contributed by atoms with Crippen LogP contribution in [0.4, 0.5) is 0 Å². The van der Waals surface area contributed by atoms with E-state index in [4.69, 9.17) is 5.11 Å². The summed E-state index contributed by atoms with van der Waals surface area (Å²) >= 11 is 0. The van der Waals surface area contributed by atoms with E-state index < -0.39 is 36.3 Å². The molecule has 1 heterocycles. The molecule has 8 nitrogen and oxygen atoms in total. The van der Waals surface area contributed by atoms with Crippen LogP contribution in [-0.2, 0) is 29.4 Å². The molecule has 0 radical (unpaired) electrons. The Bertz CT molecular complexity index is 449. The predicted octanol–water partition coefficient (Wildman–Crippen LogP) is -2.63. The summed E-state index contributed by atoms with van der Waals surface area (Å²) in [7, 11) is -8.37. The van der Waals surface area contributed by atoms with Crippen molar-refractivity contribution in [2.45, 2.75) is 16.7 Å². The number of aliphatic hydroxyl groups is 2. The maximum atomic E-state index is 11.2. The van der Waals surface area contributed by atoms with Crippen LogP contribution < -0.4 is 0 Å². The fourth-order valence-electron chi connectivity index (χ4n) is 1.15. The van der Waals surface area contributed by atoms with Crippen molar-refractivity contribution in [2.75, 3.05) is 12.5 Å². The van der Waals surface area contributed by atoms with Gasteiger partial charge >= 0.3 is 5.12 Å². The van der Waals surface area contributed by atoms with Crippen molar-refractivity contribution < 1.29 is 36.8 Å². The standard InChI is InChI=1S/C5H10O8S2/c1-14(8,9)3-4(6)12-13-5(3,7)15(2,10)11/h3-4,6-7H,1-2H3. The molecule has 2 N–H and O–H groups in total. The summed E-state index contributed by atoms with van der Waals surface area (Å²) in [6.07, 6.45) is -0.846. The Morgan fingerprint density at radius 3 is 1.93 bits per heavy atom. The second kappa shape index (κ2) is 3.37. The predicted molar refractivity (Wildman–Crippen MR) is 46.6 cm³/mol. The molecular weight excluding hydrogens is 252 g/mol. The van der Waals surface area contributed by atoms with Crippen molar-refractivity contribution >= 4 is 19.7 Å². The number of hydrogen-bond donors (Lipinski definition) is 2. The van der Waals surface area contributed by atoms with Gasteiger partial charge in [0.1, 0.15) is 0 Å². The van der Waals surface area contributed by atoms with Crippen LogP contribution in [0.2, 0.25) is 0 Å². The molecule has 3 unspecified atom stereocenters. The first-order valence-electron chi connectivity index (χ1n) is 3.63. The van der Waals surface area contributed by atoms with Gasteiger partial charge in [-0.2, -0.15) is 9.78 Å². The van der Waals surface area contributed by atoms with Gasteiger partial charge in [-0.15, -0.1) is 0 Å². The Morgan fingerprint density at radius 1 is 1.20 bits per heavy atom. The van der Waals surface area contributed by atoms with Gasteiger partial charge in [0.05, 0.1) is 0 Å². The van der Waals surface area contributed by atoms with Gasteiger partial charge < -0.3 is 10.2 Å². The molecule has 90 valence electrons. The minimum atomic E-state index is -4.30. The smallest absolute Gasteiger partial charge is 0.322 e. The zero-order chi connectivity index (χ0) is 12.1. The van der Waals surface area contributed by atoms with Gasteiger partial charge in [-0.1, -0.05) is 0 Å². The molecule has 0 bridgehead atoms. The van der Waals surface area contributed by atoms with Crippen LogP contribution in [0.1, 0.15) is 0 Å². The molecule has 0 aromatic carbocycles. The Hall–Kier alpha value is -0.260. The van der Waals surface area contributed by atoms with Gasteiger partial charge in [0.25, 0.3) is 0 Å². The van der Waals surface area contributed by atoms with Crippen LogP contribution in [0.25, 0.3) is 0 Å². The Kier molecular flexibility index (Phi) is 2.87. The molecule has 1 aliphatic rings. The van der Waals surface area contributed by atoms with Crippen LogP contribution >= 0.6 is 0 Å². The van der Waals surface area contributed by atoms with Crippen molar-refractivity contribution in [3.8, 4) is 0 Å². The molecule has 0 amide bonds. The maximum Gasteiger partial charge on any atom is 0.322 e. The van der Waals surface area contributed by atoms with Crippen LogP contribution in [0.3, 0.4) is 0 Å². The Labute approximate surface area is 86.2 Å². The third-order valence-electron chi connectivity index (χ3n) is 1.88. The molecule has 1 rings (SSSR count).